The van der Waals surface area contributed by atoms with Crippen molar-refractivity contribution >= 4 is 0 Å². The Morgan fingerprint density at radius 2 is 2.05 bits per heavy atom. The lowest BCUT2D eigenvalue weighted by atomic mass is 9.76. The summed E-state index contributed by atoms with van der Waals surface area (Å²) < 4.78 is 2.16. The maximum absolute atomic E-state index is 4.50. The minimum absolute atomic E-state index is 0.601. The van der Waals surface area contributed by atoms with Gasteiger partial charge in [-0.15, -0.1) is 0 Å². The molecule has 3 heteroatoms. The summed E-state index contributed by atoms with van der Waals surface area (Å²) in [5.74, 6) is 3.04. The number of aryl methyl sites for hydroxylation is 1. The van der Waals surface area contributed by atoms with Crippen molar-refractivity contribution in [2.75, 3.05) is 6.54 Å². The summed E-state index contributed by atoms with van der Waals surface area (Å²) in [6, 6.07) is 0.601. The highest BCUT2D eigenvalue weighted by molar-refractivity contribution is 4.96. The SMILES string of the molecule is CCCC1CCC(C(Cc2nccn2C)NCC)CC1. The first-order valence-corrected chi connectivity index (χ1v) is 8.44. The van der Waals surface area contributed by atoms with Gasteiger partial charge in [-0.25, -0.2) is 4.98 Å². The monoisotopic (exact) mass is 277 g/mol. The van der Waals surface area contributed by atoms with Crippen LogP contribution in [0.4, 0.5) is 0 Å². The van der Waals surface area contributed by atoms with E-state index in [1.54, 1.807) is 0 Å². The molecule has 20 heavy (non-hydrogen) atoms. The average molecular weight is 277 g/mol. The molecule has 1 aliphatic rings. The molecule has 1 unspecified atom stereocenters. The van der Waals surface area contributed by atoms with E-state index in [1.165, 1.54) is 44.3 Å². The van der Waals surface area contributed by atoms with Crippen molar-refractivity contribution in [2.24, 2.45) is 18.9 Å². The highest BCUT2D eigenvalue weighted by Crippen LogP contribution is 2.33. The first-order chi connectivity index (χ1) is 9.74. The molecule has 1 aromatic heterocycles. The predicted molar refractivity (Wildman–Crippen MR) is 84.7 cm³/mol. The summed E-state index contributed by atoms with van der Waals surface area (Å²) in [6.45, 7) is 5.59. The number of rotatable bonds is 7. The van der Waals surface area contributed by atoms with Crippen LogP contribution >= 0.6 is 0 Å². The quantitative estimate of drug-likeness (QED) is 0.826. The zero-order chi connectivity index (χ0) is 14.4. The fourth-order valence-electron chi connectivity index (χ4n) is 3.75. The van der Waals surface area contributed by atoms with E-state index in [4.69, 9.17) is 0 Å². The maximum atomic E-state index is 4.50. The molecule has 114 valence electrons. The second-order valence-electron chi connectivity index (χ2n) is 6.39. The van der Waals surface area contributed by atoms with Crippen LogP contribution in [0.25, 0.3) is 0 Å². The molecule has 0 saturated heterocycles. The van der Waals surface area contributed by atoms with Crippen LogP contribution in [0, 0.1) is 11.8 Å². The number of nitrogens with zero attached hydrogens (tertiary/aromatic N) is 2. The Hall–Kier alpha value is -0.830. The summed E-state index contributed by atoms with van der Waals surface area (Å²) in [7, 11) is 2.10. The summed E-state index contributed by atoms with van der Waals surface area (Å²) in [4.78, 5) is 4.50. The fourth-order valence-corrected chi connectivity index (χ4v) is 3.75. The predicted octanol–water partition coefficient (Wildman–Crippen LogP) is 3.55. The van der Waals surface area contributed by atoms with Gasteiger partial charge >= 0.3 is 0 Å². The summed E-state index contributed by atoms with van der Waals surface area (Å²) in [5.41, 5.74) is 0. The molecule has 1 aromatic rings. The number of likely N-dealkylation sites (N-methyl/N-ethyl adjacent to an activating group) is 1. The lowest BCUT2D eigenvalue weighted by Crippen LogP contribution is -2.40. The number of hydrogen-bond acceptors (Lipinski definition) is 2. The zero-order valence-corrected chi connectivity index (χ0v) is 13.4. The van der Waals surface area contributed by atoms with Crippen LogP contribution in [0.15, 0.2) is 12.4 Å². The van der Waals surface area contributed by atoms with E-state index in [0.717, 1.165) is 24.8 Å². The minimum atomic E-state index is 0.601. The van der Waals surface area contributed by atoms with Gasteiger partial charge in [-0.3, -0.25) is 0 Å². The van der Waals surface area contributed by atoms with Crippen molar-refractivity contribution in [3.05, 3.63) is 18.2 Å². The van der Waals surface area contributed by atoms with Crippen LogP contribution in [0.3, 0.4) is 0 Å². The smallest absolute Gasteiger partial charge is 0.109 e. The van der Waals surface area contributed by atoms with Crippen molar-refractivity contribution in [1.29, 1.82) is 0 Å². The first-order valence-electron chi connectivity index (χ1n) is 8.44. The van der Waals surface area contributed by atoms with Crippen LogP contribution < -0.4 is 5.32 Å². The van der Waals surface area contributed by atoms with Crippen LogP contribution in [-0.4, -0.2) is 22.1 Å². The van der Waals surface area contributed by atoms with Gasteiger partial charge in [0, 0.05) is 31.9 Å². The van der Waals surface area contributed by atoms with Crippen molar-refractivity contribution in [2.45, 2.75) is 64.8 Å². The Morgan fingerprint density at radius 1 is 1.30 bits per heavy atom. The Balaban J connectivity index is 1.90. The summed E-state index contributed by atoms with van der Waals surface area (Å²) >= 11 is 0. The zero-order valence-electron chi connectivity index (χ0n) is 13.4. The lowest BCUT2D eigenvalue weighted by Gasteiger charge is -2.34. The highest BCUT2D eigenvalue weighted by atomic mass is 15.0. The van der Waals surface area contributed by atoms with E-state index in [1.807, 2.05) is 6.20 Å². The number of nitrogens with one attached hydrogen (secondary N) is 1. The summed E-state index contributed by atoms with van der Waals surface area (Å²) in [5, 5.41) is 3.71. The standard InChI is InChI=1S/C17H31N3/c1-4-6-14-7-9-15(10-8-14)16(18-5-2)13-17-19-11-12-20(17)3/h11-12,14-16,18H,4-10,13H2,1-3H3. The average Bonchev–Trinajstić information content (AvgIpc) is 2.85. The molecule has 1 fully saturated rings. The van der Waals surface area contributed by atoms with E-state index in [9.17, 15) is 0 Å². The first kappa shape index (κ1) is 15.6. The van der Waals surface area contributed by atoms with E-state index < -0.39 is 0 Å². The Labute approximate surface area is 124 Å². The maximum Gasteiger partial charge on any atom is 0.109 e. The van der Waals surface area contributed by atoms with Gasteiger partial charge in [0.15, 0.2) is 0 Å². The second-order valence-corrected chi connectivity index (χ2v) is 6.39. The summed E-state index contributed by atoms with van der Waals surface area (Å²) in [6.07, 6.45) is 13.5. The number of hydrogen-bond donors (Lipinski definition) is 1. The molecule has 1 aliphatic carbocycles. The van der Waals surface area contributed by atoms with Gasteiger partial charge in [-0.05, 0) is 31.2 Å². The molecule has 1 heterocycles. The third-order valence-electron chi connectivity index (χ3n) is 4.95. The molecule has 0 amide bonds. The topological polar surface area (TPSA) is 29.9 Å². The van der Waals surface area contributed by atoms with Crippen LogP contribution in [0.5, 0.6) is 0 Å². The molecule has 1 atom stereocenters. The Morgan fingerprint density at radius 3 is 2.60 bits per heavy atom. The molecular formula is C17H31N3. The molecule has 0 spiro atoms. The van der Waals surface area contributed by atoms with Crippen LogP contribution in [-0.2, 0) is 13.5 Å². The van der Waals surface area contributed by atoms with Crippen molar-refractivity contribution in [1.82, 2.24) is 14.9 Å². The normalized spacial score (nSPS) is 24.8. The van der Waals surface area contributed by atoms with Gasteiger partial charge in [-0.1, -0.05) is 39.5 Å². The van der Waals surface area contributed by atoms with E-state index in [-0.39, 0.29) is 0 Å². The molecule has 0 bridgehead atoms. The van der Waals surface area contributed by atoms with E-state index >= 15 is 0 Å². The highest BCUT2D eigenvalue weighted by Gasteiger charge is 2.27. The van der Waals surface area contributed by atoms with Gasteiger partial charge in [-0.2, -0.15) is 0 Å². The van der Waals surface area contributed by atoms with Crippen molar-refractivity contribution in [3.8, 4) is 0 Å². The molecular weight excluding hydrogens is 246 g/mol. The largest absolute Gasteiger partial charge is 0.338 e. The Bertz CT molecular complexity index is 377. The molecule has 0 aliphatic heterocycles. The third kappa shape index (κ3) is 4.08. The van der Waals surface area contributed by atoms with Gasteiger partial charge < -0.3 is 9.88 Å². The molecule has 0 aromatic carbocycles. The van der Waals surface area contributed by atoms with Gasteiger partial charge in [0.05, 0.1) is 0 Å². The van der Waals surface area contributed by atoms with E-state index in [2.05, 4.69) is 42.0 Å². The fraction of sp³-hybridized carbons (Fsp3) is 0.824. The minimum Gasteiger partial charge on any atom is -0.338 e. The van der Waals surface area contributed by atoms with Gasteiger partial charge in [0.2, 0.25) is 0 Å². The Kier molecular flexibility index (Phi) is 6.08. The molecule has 2 rings (SSSR count). The van der Waals surface area contributed by atoms with Crippen molar-refractivity contribution in [3.63, 3.8) is 0 Å². The van der Waals surface area contributed by atoms with Crippen LogP contribution in [0.2, 0.25) is 0 Å². The molecule has 1 N–H and O–H groups in total. The molecule has 3 nitrogen and oxygen atoms in total. The second kappa shape index (κ2) is 7.82. The van der Waals surface area contributed by atoms with Gasteiger partial charge in [0.1, 0.15) is 5.82 Å². The number of imidazole rings is 1. The third-order valence-corrected chi connectivity index (χ3v) is 4.95. The van der Waals surface area contributed by atoms with Crippen molar-refractivity contribution < 1.29 is 0 Å². The van der Waals surface area contributed by atoms with Gasteiger partial charge in [0.25, 0.3) is 0 Å². The van der Waals surface area contributed by atoms with E-state index in [0.29, 0.717) is 6.04 Å². The molecule has 1 saturated carbocycles. The lowest BCUT2D eigenvalue weighted by molar-refractivity contribution is 0.212. The molecule has 0 radical (unpaired) electrons. The number of aromatic nitrogens is 2. The van der Waals surface area contributed by atoms with Crippen LogP contribution in [0.1, 0.15) is 58.2 Å².